The quantitative estimate of drug-likeness (QED) is 0.733. The Kier molecular flexibility index (Phi) is 4.79. The normalized spacial score (nSPS) is 11.5. The Morgan fingerprint density at radius 3 is 2.82 bits per heavy atom. The summed E-state index contributed by atoms with van der Waals surface area (Å²) in [5.74, 6) is -2.15. The van der Waals surface area contributed by atoms with Crippen LogP contribution in [-0.4, -0.2) is 29.5 Å². The lowest BCUT2D eigenvalue weighted by Crippen LogP contribution is -2.25. The molecule has 0 spiro atoms. The Hall–Kier alpha value is -1.97. The molecule has 0 bridgehead atoms. The van der Waals surface area contributed by atoms with Crippen LogP contribution >= 0.6 is 11.6 Å². The van der Waals surface area contributed by atoms with Crippen molar-refractivity contribution in [1.29, 1.82) is 0 Å². The lowest BCUT2D eigenvalue weighted by molar-refractivity contribution is 0.0691. The minimum absolute atomic E-state index is 0.125. The number of carboxylic acid groups (broad SMARTS) is 1. The van der Waals surface area contributed by atoms with Gasteiger partial charge >= 0.3 is 5.97 Å². The number of nitrogens with zero attached hydrogens (tertiary/aromatic N) is 1. The molecule has 0 saturated carbocycles. The summed E-state index contributed by atoms with van der Waals surface area (Å²) in [5.41, 5.74) is -0.0257. The minimum atomic E-state index is -3.79. The molecule has 10 heteroatoms. The highest BCUT2D eigenvalue weighted by molar-refractivity contribution is 7.88. The average molecular weight is 348 g/mol. The topological polar surface area (TPSA) is 112 Å². The second-order valence-electron chi connectivity index (χ2n) is 4.36. The van der Waals surface area contributed by atoms with Gasteiger partial charge in [-0.25, -0.2) is 27.3 Å². The molecular formula is C12H11ClFN3O4S. The van der Waals surface area contributed by atoms with E-state index in [1.165, 1.54) is 6.07 Å². The number of hydrogen-bond donors (Lipinski definition) is 3. The molecule has 0 aliphatic carbocycles. The van der Waals surface area contributed by atoms with Crippen molar-refractivity contribution in [2.75, 3.05) is 0 Å². The Labute approximate surface area is 130 Å². The van der Waals surface area contributed by atoms with E-state index < -0.39 is 27.6 Å². The van der Waals surface area contributed by atoms with Crippen molar-refractivity contribution >= 4 is 27.6 Å². The van der Waals surface area contributed by atoms with Crippen molar-refractivity contribution in [2.45, 2.75) is 12.3 Å². The lowest BCUT2D eigenvalue weighted by Gasteiger charge is -2.07. The van der Waals surface area contributed by atoms with Crippen LogP contribution in [0.5, 0.6) is 0 Å². The van der Waals surface area contributed by atoms with Gasteiger partial charge < -0.3 is 10.1 Å². The third-order valence-electron chi connectivity index (χ3n) is 2.67. The van der Waals surface area contributed by atoms with E-state index in [0.29, 0.717) is 0 Å². The van der Waals surface area contributed by atoms with Crippen LogP contribution in [0.3, 0.4) is 0 Å². The van der Waals surface area contributed by atoms with Crippen LogP contribution in [0, 0.1) is 5.82 Å². The highest BCUT2D eigenvalue weighted by Gasteiger charge is 2.16. The zero-order chi connectivity index (χ0) is 16.3. The number of rotatable bonds is 6. The predicted octanol–water partition coefficient (Wildman–Crippen LogP) is 1.52. The fourth-order valence-corrected chi connectivity index (χ4v) is 3.02. The van der Waals surface area contributed by atoms with Crippen LogP contribution in [0.1, 0.15) is 21.9 Å². The fourth-order valence-electron chi connectivity index (χ4n) is 1.65. The van der Waals surface area contributed by atoms with E-state index >= 15 is 0 Å². The Morgan fingerprint density at radius 1 is 1.45 bits per heavy atom. The molecule has 3 N–H and O–H groups in total. The number of aromatic amines is 1. The number of carbonyl (C=O) groups is 1. The monoisotopic (exact) mass is 347 g/mol. The van der Waals surface area contributed by atoms with Gasteiger partial charge in [0.15, 0.2) is 0 Å². The molecule has 0 aliphatic rings. The van der Waals surface area contributed by atoms with Crippen molar-refractivity contribution in [3.63, 3.8) is 0 Å². The van der Waals surface area contributed by atoms with Crippen LogP contribution in [0.15, 0.2) is 24.4 Å². The van der Waals surface area contributed by atoms with Crippen LogP contribution in [0.25, 0.3) is 0 Å². The van der Waals surface area contributed by atoms with Crippen molar-refractivity contribution in [2.24, 2.45) is 0 Å². The average Bonchev–Trinajstić information content (AvgIpc) is 2.90. The molecule has 0 unspecified atom stereocenters. The number of aromatic nitrogens is 2. The Morgan fingerprint density at radius 2 is 2.18 bits per heavy atom. The van der Waals surface area contributed by atoms with Crippen LogP contribution in [0.4, 0.5) is 4.39 Å². The van der Waals surface area contributed by atoms with Crippen LogP contribution in [-0.2, 0) is 22.3 Å². The molecule has 7 nitrogen and oxygen atoms in total. The van der Waals surface area contributed by atoms with Gasteiger partial charge in [-0.15, -0.1) is 0 Å². The van der Waals surface area contributed by atoms with Gasteiger partial charge in [0.25, 0.3) is 0 Å². The number of hydrogen-bond acceptors (Lipinski definition) is 4. The second kappa shape index (κ2) is 6.42. The summed E-state index contributed by atoms with van der Waals surface area (Å²) in [6.07, 6.45) is 1.08. The summed E-state index contributed by atoms with van der Waals surface area (Å²) < 4.78 is 39.2. The van der Waals surface area contributed by atoms with Gasteiger partial charge in [0, 0.05) is 5.02 Å². The smallest absolute Gasteiger partial charge is 0.353 e. The standard InChI is InChI=1S/C12H11ClFN3O4S/c13-9-2-1-8(14)3-7(9)6-22(20,21)16-5-11-15-4-10(17-11)12(18)19/h1-4,16H,5-6H2,(H,15,17)(H,18,19). The first kappa shape index (κ1) is 16.4. The molecule has 2 aromatic rings. The maximum Gasteiger partial charge on any atom is 0.353 e. The predicted molar refractivity (Wildman–Crippen MR) is 76.4 cm³/mol. The number of imidazole rings is 1. The van der Waals surface area contributed by atoms with Gasteiger partial charge in [0.05, 0.1) is 18.5 Å². The maximum absolute atomic E-state index is 13.1. The molecule has 0 saturated heterocycles. The van der Waals surface area contributed by atoms with Gasteiger partial charge in [-0.3, -0.25) is 0 Å². The molecule has 0 fully saturated rings. The van der Waals surface area contributed by atoms with Gasteiger partial charge in [-0.2, -0.15) is 0 Å². The Balaban J connectivity index is 2.04. The number of benzene rings is 1. The number of aromatic carboxylic acids is 1. The van der Waals surface area contributed by atoms with E-state index in [4.69, 9.17) is 16.7 Å². The molecule has 22 heavy (non-hydrogen) atoms. The molecule has 2 rings (SSSR count). The van der Waals surface area contributed by atoms with Crippen molar-refractivity contribution in [3.05, 3.63) is 52.3 Å². The molecule has 0 radical (unpaired) electrons. The third kappa shape index (κ3) is 4.26. The van der Waals surface area contributed by atoms with Crippen molar-refractivity contribution in [1.82, 2.24) is 14.7 Å². The van der Waals surface area contributed by atoms with Crippen LogP contribution < -0.4 is 4.72 Å². The molecule has 118 valence electrons. The first-order chi connectivity index (χ1) is 10.3. The first-order valence-electron chi connectivity index (χ1n) is 5.95. The first-order valence-corrected chi connectivity index (χ1v) is 7.98. The SMILES string of the molecule is O=C(O)c1cnc(CNS(=O)(=O)Cc2cc(F)ccc2Cl)[nH]1. The fraction of sp³-hybridized carbons (Fsp3) is 0.167. The minimum Gasteiger partial charge on any atom is -0.477 e. The van der Waals surface area contributed by atoms with Crippen molar-refractivity contribution < 1.29 is 22.7 Å². The molecule has 1 aromatic heterocycles. The van der Waals surface area contributed by atoms with Gasteiger partial charge in [0.1, 0.15) is 17.3 Å². The van der Waals surface area contributed by atoms with E-state index in [9.17, 15) is 17.6 Å². The number of halogens is 2. The van der Waals surface area contributed by atoms with E-state index in [2.05, 4.69) is 14.7 Å². The maximum atomic E-state index is 13.1. The van der Waals surface area contributed by atoms with Gasteiger partial charge in [-0.1, -0.05) is 11.6 Å². The zero-order valence-corrected chi connectivity index (χ0v) is 12.6. The number of sulfonamides is 1. The largest absolute Gasteiger partial charge is 0.477 e. The summed E-state index contributed by atoms with van der Waals surface area (Å²) >= 11 is 5.81. The number of carboxylic acids is 1. The summed E-state index contributed by atoms with van der Waals surface area (Å²) in [5, 5.41) is 8.85. The number of H-pyrrole nitrogens is 1. The van der Waals surface area contributed by atoms with E-state index in [1.54, 1.807) is 0 Å². The van der Waals surface area contributed by atoms with Crippen molar-refractivity contribution in [3.8, 4) is 0 Å². The molecule has 1 heterocycles. The summed E-state index contributed by atoms with van der Waals surface area (Å²) in [4.78, 5) is 16.8. The van der Waals surface area contributed by atoms with Gasteiger partial charge in [0.2, 0.25) is 10.0 Å². The Bertz CT molecular complexity index is 806. The molecular weight excluding hydrogens is 337 g/mol. The molecule has 0 amide bonds. The van der Waals surface area contributed by atoms with Crippen LogP contribution in [0.2, 0.25) is 5.02 Å². The summed E-state index contributed by atoms with van der Waals surface area (Å²) in [7, 11) is -3.79. The summed E-state index contributed by atoms with van der Waals surface area (Å²) in [6, 6.07) is 3.44. The second-order valence-corrected chi connectivity index (χ2v) is 6.58. The molecule has 0 aliphatic heterocycles. The van der Waals surface area contributed by atoms with E-state index in [1.807, 2.05) is 0 Å². The van der Waals surface area contributed by atoms with Gasteiger partial charge in [-0.05, 0) is 23.8 Å². The molecule has 1 aromatic carbocycles. The third-order valence-corrected chi connectivity index (χ3v) is 4.32. The molecule has 0 atom stereocenters. The van der Waals surface area contributed by atoms with E-state index in [-0.39, 0.29) is 28.6 Å². The van der Waals surface area contributed by atoms with E-state index in [0.717, 1.165) is 18.3 Å². The highest BCUT2D eigenvalue weighted by Crippen LogP contribution is 2.19. The summed E-state index contributed by atoms with van der Waals surface area (Å²) in [6.45, 7) is -0.220. The lowest BCUT2D eigenvalue weighted by atomic mass is 10.2. The zero-order valence-electron chi connectivity index (χ0n) is 11.0. The highest BCUT2D eigenvalue weighted by atomic mass is 35.5. The number of nitrogens with one attached hydrogen (secondary N) is 2.